The monoisotopic (exact) mass is 476 g/mol. The van der Waals surface area contributed by atoms with Crippen molar-refractivity contribution in [3.63, 3.8) is 0 Å². The summed E-state index contributed by atoms with van der Waals surface area (Å²) >= 11 is 2.83. The fraction of sp³-hybridized carbons (Fsp3) is 0.538. The fourth-order valence-corrected chi connectivity index (χ4v) is 6.16. The Labute approximate surface area is 198 Å². The molecule has 3 nitrogen and oxygen atoms in total. The Kier molecular flexibility index (Phi) is 10.3. The Balaban J connectivity index is 1.55. The standard InChI is InChI=1S/C26H33FO3S2/c1-2-23(28)30-16-10-6-3-7-11-17-31-20-14-15-22-21(18-20)24(25(27)26(29)32-22)19-12-8-4-5-9-13-19/h2,14-15,18-19H,1,3-13,16-17H2. The van der Waals surface area contributed by atoms with E-state index in [1.165, 1.54) is 18.9 Å². The summed E-state index contributed by atoms with van der Waals surface area (Å²) in [6.45, 7) is 3.84. The average Bonchev–Trinajstić information content (AvgIpc) is 3.08. The minimum Gasteiger partial charge on any atom is -0.463 e. The summed E-state index contributed by atoms with van der Waals surface area (Å²) in [7, 11) is 0. The normalized spacial score (nSPS) is 14.9. The number of esters is 1. The number of benzene rings is 1. The van der Waals surface area contributed by atoms with Crippen LogP contribution in [0.4, 0.5) is 4.39 Å². The molecule has 1 aliphatic carbocycles. The maximum Gasteiger partial charge on any atom is 0.330 e. The molecule has 6 heteroatoms. The number of hydrogen-bond acceptors (Lipinski definition) is 5. The number of fused-ring (bicyclic) bond motifs is 1. The van der Waals surface area contributed by atoms with Gasteiger partial charge in [0.2, 0.25) is 0 Å². The van der Waals surface area contributed by atoms with Gasteiger partial charge in [-0.3, -0.25) is 4.79 Å². The second kappa shape index (κ2) is 13.1. The van der Waals surface area contributed by atoms with Gasteiger partial charge >= 0.3 is 5.97 Å². The van der Waals surface area contributed by atoms with Crippen molar-refractivity contribution in [3.8, 4) is 0 Å². The Bertz CT molecular complexity index is 961. The van der Waals surface area contributed by atoms with Crippen molar-refractivity contribution in [2.75, 3.05) is 12.4 Å². The third kappa shape index (κ3) is 7.17. The van der Waals surface area contributed by atoms with Gasteiger partial charge in [0.25, 0.3) is 4.74 Å². The predicted molar refractivity (Wildman–Crippen MR) is 133 cm³/mol. The molecule has 0 spiro atoms. The molecule has 3 rings (SSSR count). The topological polar surface area (TPSA) is 43.4 Å². The molecule has 0 amide bonds. The smallest absolute Gasteiger partial charge is 0.330 e. The summed E-state index contributed by atoms with van der Waals surface area (Å²) < 4.78 is 20.4. The minimum atomic E-state index is -0.518. The molecule has 0 aliphatic heterocycles. The van der Waals surface area contributed by atoms with Crippen molar-refractivity contribution < 1.29 is 13.9 Å². The van der Waals surface area contributed by atoms with Crippen molar-refractivity contribution in [2.45, 2.75) is 81.4 Å². The van der Waals surface area contributed by atoms with E-state index in [2.05, 4.69) is 18.7 Å². The molecule has 0 saturated heterocycles. The molecule has 0 unspecified atom stereocenters. The van der Waals surface area contributed by atoms with Crippen LogP contribution >= 0.6 is 23.1 Å². The van der Waals surface area contributed by atoms with Gasteiger partial charge in [-0.2, -0.15) is 0 Å². The Hall–Kier alpha value is -1.66. The van der Waals surface area contributed by atoms with Crippen molar-refractivity contribution in [2.24, 2.45) is 0 Å². The number of thioether (sulfide) groups is 1. The van der Waals surface area contributed by atoms with Gasteiger partial charge in [0, 0.05) is 21.2 Å². The molecule has 1 aromatic heterocycles. The lowest BCUT2D eigenvalue weighted by molar-refractivity contribution is -0.137. The van der Waals surface area contributed by atoms with E-state index < -0.39 is 10.6 Å². The molecule has 0 atom stereocenters. The zero-order valence-electron chi connectivity index (χ0n) is 18.7. The Morgan fingerprint density at radius 3 is 2.59 bits per heavy atom. The molecule has 0 radical (unpaired) electrons. The first kappa shape index (κ1) is 25.0. The Morgan fingerprint density at radius 2 is 1.84 bits per heavy atom. The summed E-state index contributed by atoms with van der Waals surface area (Å²) in [5.74, 6) is 0.301. The lowest BCUT2D eigenvalue weighted by atomic mass is 9.90. The quantitative estimate of drug-likeness (QED) is 0.110. The highest BCUT2D eigenvalue weighted by atomic mass is 32.2. The molecular formula is C26H33FO3S2. The molecule has 1 aliphatic rings. The molecule has 1 fully saturated rings. The van der Waals surface area contributed by atoms with E-state index in [0.29, 0.717) is 12.2 Å². The van der Waals surface area contributed by atoms with Gasteiger partial charge in [0.15, 0.2) is 5.82 Å². The number of carbonyl (C=O) groups is 1. The summed E-state index contributed by atoms with van der Waals surface area (Å²) in [4.78, 5) is 24.4. The number of unbranched alkanes of at least 4 members (excludes halogenated alkanes) is 4. The zero-order valence-corrected chi connectivity index (χ0v) is 20.3. The van der Waals surface area contributed by atoms with Crippen molar-refractivity contribution in [3.05, 3.63) is 51.8 Å². The van der Waals surface area contributed by atoms with Crippen LogP contribution in [0.2, 0.25) is 0 Å². The molecule has 2 aromatic rings. The van der Waals surface area contributed by atoms with E-state index in [0.717, 1.165) is 89.9 Å². The minimum absolute atomic E-state index is 0.159. The average molecular weight is 477 g/mol. The first-order chi connectivity index (χ1) is 15.6. The van der Waals surface area contributed by atoms with Gasteiger partial charge in [0.1, 0.15) is 0 Å². The summed E-state index contributed by atoms with van der Waals surface area (Å²) in [6, 6.07) is 6.16. The van der Waals surface area contributed by atoms with E-state index in [9.17, 15) is 14.0 Å². The maximum atomic E-state index is 15.0. The highest BCUT2D eigenvalue weighted by molar-refractivity contribution is 7.99. The molecule has 1 heterocycles. The number of rotatable bonds is 11. The number of carbonyl (C=O) groups excluding carboxylic acids is 1. The van der Waals surface area contributed by atoms with Gasteiger partial charge in [-0.1, -0.05) is 62.9 Å². The predicted octanol–water partition coefficient (Wildman–Crippen LogP) is 7.61. The van der Waals surface area contributed by atoms with E-state index in [4.69, 9.17) is 4.74 Å². The van der Waals surface area contributed by atoms with Crippen LogP contribution in [0.15, 0.2) is 40.5 Å². The van der Waals surface area contributed by atoms with E-state index >= 15 is 0 Å². The SMILES string of the molecule is C=CC(=O)OCCCCCCCSc1ccc2sc(=O)c(F)c(C3CCCCCC3)c2c1. The molecule has 1 saturated carbocycles. The van der Waals surface area contributed by atoms with Crippen molar-refractivity contribution >= 4 is 39.2 Å². The van der Waals surface area contributed by atoms with Crippen LogP contribution in [0.25, 0.3) is 10.1 Å². The molecule has 174 valence electrons. The van der Waals surface area contributed by atoms with E-state index in [-0.39, 0.29) is 11.9 Å². The van der Waals surface area contributed by atoms with Gasteiger partial charge in [0.05, 0.1) is 6.61 Å². The lowest BCUT2D eigenvalue weighted by Gasteiger charge is -2.18. The van der Waals surface area contributed by atoms with Crippen LogP contribution in [0.1, 0.15) is 82.1 Å². The second-order valence-electron chi connectivity index (χ2n) is 8.45. The summed E-state index contributed by atoms with van der Waals surface area (Å²) in [6.07, 6.45) is 13.1. The number of halogens is 1. The van der Waals surface area contributed by atoms with Crippen LogP contribution in [-0.2, 0) is 9.53 Å². The van der Waals surface area contributed by atoms with Gasteiger partial charge in [-0.15, -0.1) is 11.8 Å². The molecule has 0 N–H and O–H groups in total. The number of ether oxygens (including phenoxy) is 1. The van der Waals surface area contributed by atoms with Crippen LogP contribution in [0.3, 0.4) is 0 Å². The van der Waals surface area contributed by atoms with Crippen molar-refractivity contribution in [1.29, 1.82) is 0 Å². The first-order valence-corrected chi connectivity index (χ1v) is 13.6. The van der Waals surface area contributed by atoms with Crippen LogP contribution in [0.5, 0.6) is 0 Å². The second-order valence-corrected chi connectivity index (χ2v) is 10.6. The molecule has 1 aromatic carbocycles. The fourth-order valence-electron chi connectivity index (χ4n) is 4.39. The van der Waals surface area contributed by atoms with Gasteiger partial charge < -0.3 is 4.74 Å². The van der Waals surface area contributed by atoms with Crippen LogP contribution in [0, 0.1) is 5.82 Å². The van der Waals surface area contributed by atoms with E-state index in [1.807, 2.05) is 6.07 Å². The first-order valence-electron chi connectivity index (χ1n) is 11.8. The summed E-state index contributed by atoms with van der Waals surface area (Å²) in [5.41, 5.74) is 0.672. The highest BCUT2D eigenvalue weighted by Crippen LogP contribution is 2.38. The van der Waals surface area contributed by atoms with Crippen LogP contribution in [-0.4, -0.2) is 18.3 Å². The van der Waals surface area contributed by atoms with E-state index in [1.54, 1.807) is 11.8 Å². The maximum absolute atomic E-state index is 15.0. The molecule has 32 heavy (non-hydrogen) atoms. The third-order valence-electron chi connectivity index (χ3n) is 6.09. The van der Waals surface area contributed by atoms with Crippen LogP contribution < -0.4 is 4.74 Å². The lowest BCUT2D eigenvalue weighted by Crippen LogP contribution is -2.10. The zero-order chi connectivity index (χ0) is 22.8. The molecular weight excluding hydrogens is 443 g/mol. The Morgan fingerprint density at radius 1 is 1.12 bits per heavy atom. The number of hydrogen-bond donors (Lipinski definition) is 0. The van der Waals surface area contributed by atoms with Crippen molar-refractivity contribution in [1.82, 2.24) is 0 Å². The van der Waals surface area contributed by atoms with Gasteiger partial charge in [-0.05, 0) is 60.9 Å². The van der Waals surface area contributed by atoms with Gasteiger partial charge in [-0.25, -0.2) is 9.18 Å². The molecule has 0 bridgehead atoms. The summed E-state index contributed by atoms with van der Waals surface area (Å²) in [5, 5.41) is 0.943. The highest BCUT2D eigenvalue weighted by Gasteiger charge is 2.23. The largest absolute Gasteiger partial charge is 0.463 e. The third-order valence-corrected chi connectivity index (χ3v) is 8.11.